The van der Waals surface area contributed by atoms with Gasteiger partial charge in [-0.1, -0.05) is 58.6 Å². The smallest absolute Gasteiger partial charge is 0.264 e. The molecule has 3 aromatic carbocycles. The molecule has 0 bridgehead atoms. The Bertz CT molecular complexity index is 1470. The topological polar surface area (TPSA) is 96.0 Å². The predicted molar refractivity (Wildman–Crippen MR) is 168 cm³/mol. The van der Waals surface area contributed by atoms with Gasteiger partial charge in [0.05, 0.1) is 17.2 Å². The van der Waals surface area contributed by atoms with Crippen LogP contribution in [-0.4, -0.2) is 50.4 Å². The number of aryl methyl sites for hydroxylation is 1. The lowest BCUT2D eigenvalue weighted by atomic mass is 10.1. The number of rotatable bonds is 12. The minimum Gasteiger partial charge on any atom is -0.494 e. The second-order valence-corrected chi connectivity index (χ2v) is 13.3. The van der Waals surface area contributed by atoms with Gasteiger partial charge in [0.25, 0.3) is 10.0 Å². The van der Waals surface area contributed by atoms with Crippen LogP contribution in [0.15, 0.2) is 82.2 Å². The molecule has 1 atom stereocenters. The number of hydrogen-bond acceptors (Lipinski definition) is 5. The van der Waals surface area contributed by atoms with Crippen LogP contribution < -0.4 is 14.4 Å². The first-order valence-corrected chi connectivity index (χ1v) is 16.5. The molecule has 1 fully saturated rings. The summed E-state index contributed by atoms with van der Waals surface area (Å²) in [6.45, 7) is 5.55. The van der Waals surface area contributed by atoms with Crippen LogP contribution in [-0.2, 0) is 26.2 Å². The number of benzene rings is 3. The molecule has 8 nitrogen and oxygen atoms in total. The van der Waals surface area contributed by atoms with Crippen molar-refractivity contribution in [2.45, 2.75) is 70.0 Å². The van der Waals surface area contributed by atoms with Gasteiger partial charge in [-0.15, -0.1) is 0 Å². The van der Waals surface area contributed by atoms with E-state index in [-0.39, 0.29) is 23.4 Å². The summed E-state index contributed by atoms with van der Waals surface area (Å²) in [6, 6.07) is 19.9. The molecule has 1 unspecified atom stereocenters. The molecule has 0 spiro atoms. The van der Waals surface area contributed by atoms with Crippen LogP contribution in [0.5, 0.6) is 5.75 Å². The van der Waals surface area contributed by atoms with Crippen LogP contribution in [0.1, 0.15) is 50.7 Å². The summed E-state index contributed by atoms with van der Waals surface area (Å²) in [5.74, 6) is -0.151. The Kier molecular flexibility index (Phi) is 10.7. The molecule has 0 aromatic heterocycles. The fraction of sp³-hybridized carbons (Fsp3) is 0.375. The molecule has 0 heterocycles. The highest BCUT2D eigenvalue weighted by Crippen LogP contribution is 2.27. The van der Waals surface area contributed by atoms with Crippen molar-refractivity contribution in [3.05, 3.63) is 88.4 Å². The summed E-state index contributed by atoms with van der Waals surface area (Å²) < 4.78 is 35.5. The first kappa shape index (κ1) is 31.6. The largest absolute Gasteiger partial charge is 0.494 e. The van der Waals surface area contributed by atoms with E-state index >= 15 is 0 Å². The predicted octanol–water partition coefficient (Wildman–Crippen LogP) is 5.83. The average Bonchev–Trinajstić information content (AvgIpc) is 3.48. The molecular formula is C32H38BrN3O5S. The Balaban J connectivity index is 1.69. The van der Waals surface area contributed by atoms with Gasteiger partial charge in [0.1, 0.15) is 18.3 Å². The fourth-order valence-corrected chi connectivity index (χ4v) is 6.91. The summed E-state index contributed by atoms with van der Waals surface area (Å²) in [6.07, 6.45) is 3.96. The van der Waals surface area contributed by atoms with Crippen molar-refractivity contribution in [1.82, 2.24) is 10.2 Å². The maximum atomic E-state index is 14.1. The van der Waals surface area contributed by atoms with Crippen molar-refractivity contribution in [1.29, 1.82) is 0 Å². The number of anilines is 1. The van der Waals surface area contributed by atoms with Crippen molar-refractivity contribution in [3.8, 4) is 5.75 Å². The van der Waals surface area contributed by atoms with E-state index in [4.69, 9.17) is 4.74 Å². The van der Waals surface area contributed by atoms with E-state index in [0.717, 1.165) is 45.6 Å². The minimum absolute atomic E-state index is 0.0698. The second-order valence-electron chi connectivity index (χ2n) is 10.6. The summed E-state index contributed by atoms with van der Waals surface area (Å²) in [5.41, 5.74) is 2.05. The second kappa shape index (κ2) is 14.2. The van der Waals surface area contributed by atoms with Crippen LogP contribution in [0.4, 0.5) is 5.69 Å². The molecule has 0 aliphatic heterocycles. The van der Waals surface area contributed by atoms with Crippen LogP contribution >= 0.6 is 15.9 Å². The van der Waals surface area contributed by atoms with E-state index < -0.39 is 28.5 Å². The molecule has 3 aromatic rings. The molecule has 1 saturated carbocycles. The Morgan fingerprint density at radius 1 is 1.02 bits per heavy atom. The van der Waals surface area contributed by atoms with E-state index in [2.05, 4.69) is 21.2 Å². The molecule has 10 heteroatoms. The van der Waals surface area contributed by atoms with E-state index in [0.29, 0.717) is 18.0 Å². The van der Waals surface area contributed by atoms with E-state index in [1.165, 1.54) is 17.0 Å². The summed E-state index contributed by atoms with van der Waals surface area (Å²) in [5, 5.41) is 3.09. The quantitative estimate of drug-likeness (QED) is 0.265. The molecule has 1 aliphatic rings. The van der Waals surface area contributed by atoms with Gasteiger partial charge in [-0.25, -0.2) is 8.42 Å². The van der Waals surface area contributed by atoms with Crippen LogP contribution in [0.3, 0.4) is 0 Å². The molecule has 0 saturated heterocycles. The van der Waals surface area contributed by atoms with Gasteiger partial charge >= 0.3 is 0 Å². The Morgan fingerprint density at radius 2 is 1.69 bits per heavy atom. The maximum absolute atomic E-state index is 14.1. The van der Waals surface area contributed by atoms with Gasteiger partial charge in [-0.3, -0.25) is 13.9 Å². The van der Waals surface area contributed by atoms with E-state index in [1.807, 2.05) is 38.1 Å². The molecule has 4 rings (SSSR count). The monoisotopic (exact) mass is 655 g/mol. The lowest BCUT2D eigenvalue weighted by Gasteiger charge is -2.32. The average molecular weight is 657 g/mol. The standard InChI is InChI=1S/C32H38BrN3O5S/c1-4-41-29-16-14-28(15-17-29)36(42(39,40)30-18-12-23(2)13-19-30)22-31(37)35(21-25-8-7-9-26(33)20-25)24(3)32(38)34-27-10-5-6-11-27/h7-9,12-20,24,27H,4-6,10-11,21-22H2,1-3H3,(H,34,38). The zero-order valence-corrected chi connectivity index (χ0v) is 26.7. The van der Waals surface area contributed by atoms with Crippen molar-refractivity contribution >= 4 is 43.5 Å². The van der Waals surface area contributed by atoms with Crippen molar-refractivity contribution < 1.29 is 22.7 Å². The Hall–Kier alpha value is -3.37. The number of sulfonamides is 1. The van der Waals surface area contributed by atoms with Gasteiger partial charge in [-0.2, -0.15) is 0 Å². The van der Waals surface area contributed by atoms with Gasteiger partial charge in [0, 0.05) is 17.1 Å². The highest BCUT2D eigenvalue weighted by atomic mass is 79.9. The van der Waals surface area contributed by atoms with Crippen molar-refractivity contribution in [2.24, 2.45) is 0 Å². The maximum Gasteiger partial charge on any atom is 0.264 e. The highest BCUT2D eigenvalue weighted by Gasteiger charge is 2.33. The molecule has 2 amide bonds. The van der Waals surface area contributed by atoms with E-state index in [9.17, 15) is 18.0 Å². The zero-order valence-electron chi connectivity index (χ0n) is 24.3. The van der Waals surface area contributed by atoms with E-state index in [1.54, 1.807) is 43.3 Å². The van der Waals surface area contributed by atoms with Crippen LogP contribution in [0.25, 0.3) is 0 Å². The third-order valence-corrected chi connectivity index (χ3v) is 9.72. The molecule has 0 radical (unpaired) electrons. The zero-order chi connectivity index (χ0) is 30.3. The molecule has 1 N–H and O–H groups in total. The van der Waals surface area contributed by atoms with Crippen LogP contribution in [0.2, 0.25) is 0 Å². The minimum atomic E-state index is -4.13. The Labute approximate surface area is 257 Å². The number of halogens is 1. The number of nitrogens with one attached hydrogen (secondary N) is 1. The number of hydrogen-bond donors (Lipinski definition) is 1. The normalized spacial score (nSPS) is 14.3. The molecule has 1 aliphatic carbocycles. The summed E-state index contributed by atoms with van der Waals surface area (Å²) in [4.78, 5) is 29.0. The fourth-order valence-electron chi connectivity index (χ4n) is 5.05. The molecule has 42 heavy (non-hydrogen) atoms. The van der Waals surface area contributed by atoms with Gasteiger partial charge in [-0.05, 0) is 87.7 Å². The number of carbonyl (C=O) groups excluding carboxylic acids is 2. The third-order valence-electron chi connectivity index (χ3n) is 7.43. The van der Waals surface area contributed by atoms with Crippen molar-refractivity contribution in [2.75, 3.05) is 17.5 Å². The van der Waals surface area contributed by atoms with Gasteiger partial charge in [0.15, 0.2) is 0 Å². The van der Waals surface area contributed by atoms with Gasteiger partial charge < -0.3 is 15.0 Å². The number of ether oxygens (including phenoxy) is 1. The third kappa shape index (κ3) is 7.92. The van der Waals surface area contributed by atoms with Crippen LogP contribution in [0, 0.1) is 6.92 Å². The van der Waals surface area contributed by atoms with Crippen molar-refractivity contribution in [3.63, 3.8) is 0 Å². The SMILES string of the molecule is CCOc1ccc(N(CC(=O)N(Cc2cccc(Br)c2)C(C)C(=O)NC2CCCC2)S(=O)(=O)c2ccc(C)cc2)cc1. The lowest BCUT2D eigenvalue weighted by molar-refractivity contribution is -0.139. The summed E-state index contributed by atoms with van der Waals surface area (Å²) >= 11 is 3.48. The first-order valence-electron chi connectivity index (χ1n) is 14.2. The Morgan fingerprint density at radius 3 is 2.31 bits per heavy atom. The number of carbonyl (C=O) groups is 2. The highest BCUT2D eigenvalue weighted by molar-refractivity contribution is 9.10. The molecular weight excluding hydrogens is 618 g/mol. The molecule has 224 valence electrons. The lowest BCUT2D eigenvalue weighted by Crippen LogP contribution is -2.52. The van der Waals surface area contributed by atoms with Gasteiger partial charge in [0.2, 0.25) is 11.8 Å². The number of nitrogens with zero attached hydrogens (tertiary/aromatic N) is 2. The summed E-state index contributed by atoms with van der Waals surface area (Å²) in [7, 11) is -4.13. The first-order chi connectivity index (χ1) is 20.1. The number of amides is 2.